The van der Waals surface area contributed by atoms with Crippen LogP contribution in [0.1, 0.15) is 29.8 Å². The van der Waals surface area contributed by atoms with Crippen LogP contribution >= 0.6 is 0 Å². The summed E-state index contributed by atoms with van der Waals surface area (Å²) in [5.74, 6) is -1.51. The number of halogens is 1. The number of aryl methyl sites for hydroxylation is 1. The molecule has 0 unspecified atom stereocenters. The average molecular weight is 318 g/mol. The van der Waals surface area contributed by atoms with E-state index in [0.29, 0.717) is 0 Å². The van der Waals surface area contributed by atoms with Gasteiger partial charge in [-0.25, -0.2) is 17.9 Å². The van der Waals surface area contributed by atoms with Crippen molar-refractivity contribution in [3.05, 3.63) is 29.1 Å². The highest BCUT2D eigenvalue weighted by molar-refractivity contribution is 7.89. The molecule has 0 aliphatic carbocycles. The Morgan fingerprint density at radius 2 is 2.00 bits per heavy atom. The first-order chi connectivity index (χ1) is 9.48. The Labute approximate surface area is 123 Å². The summed E-state index contributed by atoms with van der Waals surface area (Å²) in [6.45, 7) is 4.99. The molecule has 3 N–H and O–H groups in total. The van der Waals surface area contributed by atoms with Gasteiger partial charge in [0.2, 0.25) is 10.0 Å². The van der Waals surface area contributed by atoms with E-state index < -0.39 is 27.3 Å². The van der Waals surface area contributed by atoms with Crippen LogP contribution in [0.2, 0.25) is 0 Å². The summed E-state index contributed by atoms with van der Waals surface area (Å²) >= 11 is 0. The summed E-state index contributed by atoms with van der Waals surface area (Å²) in [4.78, 5) is 11.7. The molecule has 0 saturated carbocycles. The molecule has 1 aromatic rings. The molecule has 6 nitrogen and oxygen atoms in total. The highest BCUT2D eigenvalue weighted by Crippen LogP contribution is 2.18. The van der Waals surface area contributed by atoms with Gasteiger partial charge in [-0.05, 0) is 38.5 Å². The zero-order chi connectivity index (χ0) is 16.4. The molecule has 0 aliphatic rings. The third-order valence-corrected chi connectivity index (χ3v) is 3.92. The van der Waals surface area contributed by atoms with Gasteiger partial charge in [-0.15, -0.1) is 0 Å². The van der Waals surface area contributed by atoms with E-state index in [1.165, 1.54) is 14.0 Å². The second-order valence-corrected chi connectivity index (χ2v) is 6.85. The van der Waals surface area contributed by atoms with Crippen LogP contribution in [-0.4, -0.2) is 33.6 Å². The molecule has 0 aromatic heterocycles. The van der Waals surface area contributed by atoms with Gasteiger partial charge >= 0.3 is 0 Å². The van der Waals surface area contributed by atoms with Crippen molar-refractivity contribution in [3.63, 3.8) is 0 Å². The number of methoxy groups -OCH3 is 1. The molecular formula is C13H19FN2O4S. The molecule has 0 atom stereocenters. The number of carbonyl (C=O) groups is 1. The standard InChI is InChI=1S/C13H19FN2O4S/c1-8-5-9(21(15,18)19)6-10(11(8)14)12(17)16-7-13(2,3)20-4/h5-6H,7H2,1-4H3,(H,16,17)(H2,15,18,19). The summed E-state index contributed by atoms with van der Waals surface area (Å²) in [6, 6.07) is 2.01. The molecule has 0 aliphatic heterocycles. The van der Waals surface area contributed by atoms with Crippen LogP contribution in [0.3, 0.4) is 0 Å². The number of hydrogen-bond acceptors (Lipinski definition) is 4. The largest absolute Gasteiger partial charge is 0.377 e. The SMILES string of the molecule is COC(C)(C)CNC(=O)c1cc(S(N)(=O)=O)cc(C)c1F. The lowest BCUT2D eigenvalue weighted by molar-refractivity contribution is 0.0228. The van der Waals surface area contributed by atoms with Gasteiger partial charge in [-0.3, -0.25) is 4.79 Å². The summed E-state index contributed by atoms with van der Waals surface area (Å²) in [7, 11) is -2.53. The quantitative estimate of drug-likeness (QED) is 0.844. The zero-order valence-electron chi connectivity index (χ0n) is 12.4. The second kappa shape index (κ2) is 6.08. The highest BCUT2D eigenvalue weighted by Gasteiger charge is 2.22. The molecule has 21 heavy (non-hydrogen) atoms. The third kappa shape index (κ3) is 4.48. The number of amides is 1. The van der Waals surface area contributed by atoms with Gasteiger partial charge in [0, 0.05) is 13.7 Å². The third-order valence-electron chi connectivity index (χ3n) is 3.03. The molecule has 0 fully saturated rings. The molecule has 118 valence electrons. The smallest absolute Gasteiger partial charge is 0.254 e. The van der Waals surface area contributed by atoms with E-state index in [1.54, 1.807) is 13.8 Å². The van der Waals surface area contributed by atoms with Crippen LogP contribution in [0, 0.1) is 12.7 Å². The van der Waals surface area contributed by atoms with Gasteiger partial charge in [0.05, 0.1) is 16.1 Å². The van der Waals surface area contributed by atoms with Crippen molar-refractivity contribution < 1.29 is 22.3 Å². The maximum atomic E-state index is 14.0. The summed E-state index contributed by atoms with van der Waals surface area (Å²) < 4.78 is 41.8. The minimum atomic E-state index is -4.02. The van der Waals surface area contributed by atoms with Crippen LogP contribution in [0.5, 0.6) is 0 Å². The van der Waals surface area contributed by atoms with Gasteiger partial charge in [0.25, 0.3) is 5.91 Å². The fourth-order valence-electron chi connectivity index (χ4n) is 1.53. The molecule has 0 radical (unpaired) electrons. The predicted octanol–water partition coefficient (Wildman–Crippen LogP) is 0.936. The Morgan fingerprint density at radius 1 is 1.43 bits per heavy atom. The van der Waals surface area contributed by atoms with Crippen molar-refractivity contribution in [2.75, 3.05) is 13.7 Å². The monoisotopic (exact) mass is 318 g/mol. The van der Waals surface area contributed by atoms with Crippen molar-refractivity contribution in [2.45, 2.75) is 31.3 Å². The van der Waals surface area contributed by atoms with Crippen molar-refractivity contribution >= 4 is 15.9 Å². The fourth-order valence-corrected chi connectivity index (χ4v) is 2.15. The van der Waals surface area contributed by atoms with Crippen LogP contribution in [-0.2, 0) is 14.8 Å². The number of rotatable bonds is 5. The Hall–Kier alpha value is -1.51. The Balaban J connectivity index is 3.13. The lowest BCUT2D eigenvalue weighted by Crippen LogP contribution is -2.40. The molecule has 0 saturated heterocycles. The van der Waals surface area contributed by atoms with E-state index >= 15 is 0 Å². The summed E-state index contributed by atoms with van der Waals surface area (Å²) in [5, 5.41) is 7.50. The first-order valence-electron chi connectivity index (χ1n) is 6.14. The molecule has 0 heterocycles. The Morgan fingerprint density at radius 3 is 2.48 bits per heavy atom. The van der Waals surface area contributed by atoms with Crippen LogP contribution in [0.4, 0.5) is 4.39 Å². The van der Waals surface area contributed by atoms with Gasteiger partial charge in [-0.1, -0.05) is 0 Å². The predicted molar refractivity (Wildman–Crippen MR) is 75.9 cm³/mol. The Bertz CT molecular complexity index is 656. The zero-order valence-corrected chi connectivity index (χ0v) is 13.2. The highest BCUT2D eigenvalue weighted by atomic mass is 32.2. The Kier molecular flexibility index (Phi) is 5.08. The molecule has 0 bridgehead atoms. The van der Waals surface area contributed by atoms with Crippen LogP contribution < -0.4 is 10.5 Å². The first kappa shape index (κ1) is 17.5. The van der Waals surface area contributed by atoms with E-state index in [1.807, 2.05) is 0 Å². The van der Waals surface area contributed by atoms with Gasteiger partial charge in [0.1, 0.15) is 5.82 Å². The van der Waals surface area contributed by atoms with Gasteiger partial charge < -0.3 is 10.1 Å². The first-order valence-corrected chi connectivity index (χ1v) is 7.69. The fraction of sp³-hybridized carbons (Fsp3) is 0.462. The van der Waals surface area contributed by atoms with E-state index in [9.17, 15) is 17.6 Å². The van der Waals surface area contributed by atoms with Gasteiger partial charge in [0.15, 0.2) is 0 Å². The van der Waals surface area contributed by atoms with E-state index in [-0.39, 0.29) is 22.6 Å². The normalized spacial score (nSPS) is 12.3. The molecular weight excluding hydrogens is 299 g/mol. The minimum Gasteiger partial charge on any atom is -0.377 e. The number of primary sulfonamides is 1. The van der Waals surface area contributed by atoms with Crippen molar-refractivity contribution in [1.29, 1.82) is 0 Å². The van der Waals surface area contributed by atoms with Crippen molar-refractivity contribution in [2.24, 2.45) is 5.14 Å². The molecule has 0 spiro atoms. The number of hydrogen-bond donors (Lipinski definition) is 2. The number of sulfonamides is 1. The average Bonchev–Trinajstić information content (AvgIpc) is 2.38. The maximum Gasteiger partial charge on any atom is 0.254 e. The number of ether oxygens (including phenoxy) is 1. The lowest BCUT2D eigenvalue weighted by Gasteiger charge is -2.23. The molecule has 8 heteroatoms. The lowest BCUT2D eigenvalue weighted by atomic mass is 10.1. The summed E-state index contributed by atoms with van der Waals surface area (Å²) in [6.07, 6.45) is 0. The number of benzene rings is 1. The van der Waals surface area contributed by atoms with E-state index in [0.717, 1.165) is 12.1 Å². The van der Waals surface area contributed by atoms with Crippen molar-refractivity contribution in [1.82, 2.24) is 5.32 Å². The van der Waals surface area contributed by atoms with Crippen molar-refractivity contribution in [3.8, 4) is 0 Å². The van der Waals surface area contributed by atoms with Crippen LogP contribution in [0.25, 0.3) is 0 Å². The molecule has 1 amide bonds. The summed E-state index contributed by atoms with van der Waals surface area (Å²) in [5.41, 5.74) is -0.970. The number of nitrogens with one attached hydrogen (secondary N) is 1. The topological polar surface area (TPSA) is 98.5 Å². The van der Waals surface area contributed by atoms with Gasteiger partial charge in [-0.2, -0.15) is 0 Å². The number of nitrogens with two attached hydrogens (primary N) is 1. The maximum absolute atomic E-state index is 14.0. The molecule has 1 aromatic carbocycles. The van der Waals surface area contributed by atoms with Crippen LogP contribution in [0.15, 0.2) is 17.0 Å². The van der Waals surface area contributed by atoms with E-state index in [2.05, 4.69) is 5.32 Å². The van der Waals surface area contributed by atoms with E-state index in [4.69, 9.17) is 9.88 Å². The number of carbonyl (C=O) groups excluding carboxylic acids is 1. The molecule has 1 rings (SSSR count). The minimum absolute atomic E-state index is 0.0256. The second-order valence-electron chi connectivity index (χ2n) is 5.29.